The minimum Gasteiger partial charge on any atom is -0.484 e. The minimum atomic E-state index is -1.06. The summed E-state index contributed by atoms with van der Waals surface area (Å²) in [4.78, 5) is 22.9. The molecule has 0 radical (unpaired) electrons. The van der Waals surface area contributed by atoms with Crippen LogP contribution in [0, 0.1) is 5.92 Å². The summed E-state index contributed by atoms with van der Waals surface area (Å²) in [5.41, 5.74) is 0. The van der Waals surface area contributed by atoms with Crippen molar-refractivity contribution in [2.45, 2.75) is 19.9 Å². The van der Waals surface area contributed by atoms with Crippen molar-refractivity contribution in [3.05, 3.63) is 54.6 Å². The van der Waals surface area contributed by atoms with Crippen molar-refractivity contribution in [1.29, 1.82) is 0 Å². The molecular weight excluding hydrogens is 322 g/mol. The maximum absolute atomic E-state index is 11.8. The lowest BCUT2D eigenvalue weighted by molar-refractivity contribution is -0.143. The number of carbonyl (C=O) groups is 2. The first-order chi connectivity index (χ1) is 12.0. The van der Waals surface area contributed by atoms with Crippen LogP contribution in [0.2, 0.25) is 0 Å². The van der Waals surface area contributed by atoms with Crippen molar-refractivity contribution >= 4 is 11.9 Å². The number of benzene rings is 2. The molecular formula is C19H21NO5. The molecule has 6 heteroatoms. The number of nitrogens with one attached hydrogen (secondary N) is 1. The minimum absolute atomic E-state index is 0.212. The smallest absolute Gasteiger partial charge is 0.326 e. The van der Waals surface area contributed by atoms with E-state index in [0.717, 1.165) is 5.75 Å². The molecule has 0 saturated carbocycles. The van der Waals surface area contributed by atoms with Crippen LogP contribution in [0.3, 0.4) is 0 Å². The summed E-state index contributed by atoms with van der Waals surface area (Å²) in [6, 6.07) is 15.3. The molecule has 1 amide bonds. The van der Waals surface area contributed by atoms with Gasteiger partial charge in [-0.2, -0.15) is 0 Å². The Kier molecular flexibility index (Phi) is 6.39. The molecule has 0 saturated heterocycles. The first-order valence-corrected chi connectivity index (χ1v) is 7.93. The van der Waals surface area contributed by atoms with Crippen LogP contribution >= 0.6 is 0 Å². The highest BCUT2D eigenvalue weighted by atomic mass is 16.5. The Morgan fingerprint density at radius 2 is 1.52 bits per heavy atom. The molecule has 1 atom stereocenters. The third-order valence-electron chi connectivity index (χ3n) is 3.42. The van der Waals surface area contributed by atoms with Gasteiger partial charge in [-0.1, -0.05) is 32.0 Å². The van der Waals surface area contributed by atoms with Crippen LogP contribution in [-0.4, -0.2) is 29.6 Å². The van der Waals surface area contributed by atoms with Gasteiger partial charge in [-0.25, -0.2) is 4.79 Å². The normalized spacial score (nSPS) is 11.6. The number of carboxylic acids is 1. The van der Waals surface area contributed by atoms with Crippen LogP contribution < -0.4 is 14.8 Å². The highest BCUT2D eigenvalue weighted by Gasteiger charge is 2.23. The van der Waals surface area contributed by atoms with Crippen LogP contribution in [0.4, 0.5) is 0 Å². The number of hydrogen-bond acceptors (Lipinski definition) is 4. The second kappa shape index (κ2) is 8.73. The summed E-state index contributed by atoms with van der Waals surface area (Å²) in [5.74, 6) is 0.108. The standard InChI is InChI=1S/C19H21NO5/c1-13(2)18(19(22)23)20-17(21)12-24-14-8-10-16(11-9-14)25-15-6-4-3-5-7-15/h3-11,13,18H,12H2,1-2H3,(H,20,21)(H,22,23)/t18-/m1/s1. The van der Waals surface area contributed by atoms with Gasteiger partial charge in [-0.15, -0.1) is 0 Å². The number of amides is 1. The first-order valence-electron chi connectivity index (χ1n) is 7.93. The monoisotopic (exact) mass is 343 g/mol. The maximum atomic E-state index is 11.8. The maximum Gasteiger partial charge on any atom is 0.326 e. The number of hydrogen-bond donors (Lipinski definition) is 2. The van der Waals surface area contributed by atoms with Crippen LogP contribution in [0.25, 0.3) is 0 Å². The van der Waals surface area contributed by atoms with E-state index < -0.39 is 17.9 Å². The number of carbonyl (C=O) groups excluding carboxylic acids is 1. The summed E-state index contributed by atoms with van der Waals surface area (Å²) in [7, 11) is 0. The molecule has 132 valence electrons. The fourth-order valence-electron chi connectivity index (χ4n) is 2.11. The molecule has 0 fully saturated rings. The third kappa shape index (κ3) is 5.84. The van der Waals surface area contributed by atoms with E-state index in [-0.39, 0.29) is 12.5 Å². The molecule has 0 heterocycles. The predicted octanol–water partition coefficient (Wildman–Crippen LogP) is 3.08. The summed E-state index contributed by atoms with van der Waals surface area (Å²) in [6.07, 6.45) is 0. The summed E-state index contributed by atoms with van der Waals surface area (Å²) in [6.45, 7) is 3.20. The Morgan fingerprint density at radius 3 is 2.08 bits per heavy atom. The molecule has 0 bridgehead atoms. The fourth-order valence-corrected chi connectivity index (χ4v) is 2.11. The second-order valence-electron chi connectivity index (χ2n) is 5.80. The average molecular weight is 343 g/mol. The number of carboxylic acid groups (broad SMARTS) is 1. The van der Waals surface area contributed by atoms with E-state index in [2.05, 4.69) is 5.32 Å². The molecule has 2 aromatic carbocycles. The molecule has 0 aliphatic heterocycles. The van der Waals surface area contributed by atoms with E-state index in [9.17, 15) is 9.59 Å². The molecule has 2 aromatic rings. The van der Waals surface area contributed by atoms with Crippen molar-refractivity contribution < 1.29 is 24.2 Å². The fraction of sp³-hybridized carbons (Fsp3) is 0.263. The lowest BCUT2D eigenvalue weighted by Gasteiger charge is -2.18. The zero-order valence-electron chi connectivity index (χ0n) is 14.1. The average Bonchev–Trinajstić information content (AvgIpc) is 2.59. The van der Waals surface area contributed by atoms with Gasteiger partial charge >= 0.3 is 5.97 Å². The molecule has 6 nitrogen and oxygen atoms in total. The van der Waals surface area contributed by atoms with Gasteiger partial charge in [0, 0.05) is 0 Å². The number of rotatable bonds is 8. The van der Waals surface area contributed by atoms with Crippen molar-refractivity contribution in [1.82, 2.24) is 5.32 Å². The van der Waals surface area contributed by atoms with Gasteiger partial charge in [0.1, 0.15) is 23.3 Å². The zero-order valence-corrected chi connectivity index (χ0v) is 14.1. The van der Waals surface area contributed by atoms with E-state index in [1.807, 2.05) is 30.3 Å². The topological polar surface area (TPSA) is 84.9 Å². The van der Waals surface area contributed by atoms with Gasteiger partial charge in [-0.3, -0.25) is 4.79 Å². The summed E-state index contributed by atoms with van der Waals surface area (Å²) >= 11 is 0. The Hall–Kier alpha value is -3.02. The first kappa shape index (κ1) is 18.3. The molecule has 0 aliphatic rings. The van der Waals surface area contributed by atoms with Gasteiger partial charge in [-0.05, 0) is 42.3 Å². The Morgan fingerprint density at radius 1 is 0.960 bits per heavy atom. The lowest BCUT2D eigenvalue weighted by atomic mass is 10.1. The largest absolute Gasteiger partial charge is 0.484 e. The van der Waals surface area contributed by atoms with E-state index in [1.165, 1.54) is 0 Å². The van der Waals surface area contributed by atoms with E-state index in [1.54, 1.807) is 38.1 Å². The molecule has 0 spiro atoms. The van der Waals surface area contributed by atoms with Gasteiger partial charge in [0.05, 0.1) is 0 Å². The molecule has 25 heavy (non-hydrogen) atoms. The van der Waals surface area contributed by atoms with Crippen LogP contribution in [0.5, 0.6) is 17.2 Å². The number of ether oxygens (including phenoxy) is 2. The van der Waals surface area contributed by atoms with Gasteiger partial charge in [0.2, 0.25) is 0 Å². The molecule has 2 N–H and O–H groups in total. The van der Waals surface area contributed by atoms with Crippen molar-refractivity contribution in [3.8, 4) is 17.2 Å². The van der Waals surface area contributed by atoms with Crippen LogP contribution in [0.15, 0.2) is 54.6 Å². The zero-order chi connectivity index (χ0) is 18.2. The quantitative estimate of drug-likeness (QED) is 0.769. The molecule has 2 rings (SSSR count). The Bertz CT molecular complexity index is 698. The molecule has 0 aliphatic carbocycles. The van der Waals surface area contributed by atoms with Crippen LogP contribution in [-0.2, 0) is 9.59 Å². The lowest BCUT2D eigenvalue weighted by Crippen LogP contribution is -2.46. The van der Waals surface area contributed by atoms with Crippen molar-refractivity contribution in [2.24, 2.45) is 5.92 Å². The molecule has 0 aromatic heterocycles. The number of aliphatic carboxylic acids is 1. The third-order valence-corrected chi connectivity index (χ3v) is 3.42. The van der Waals surface area contributed by atoms with Gasteiger partial charge in [0.15, 0.2) is 6.61 Å². The Balaban J connectivity index is 1.85. The highest BCUT2D eigenvalue weighted by Crippen LogP contribution is 2.23. The van der Waals surface area contributed by atoms with Crippen LogP contribution in [0.1, 0.15) is 13.8 Å². The van der Waals surface area contributed by atoms with Crippen molar-refractivity contribution in [2.75, 3.05) is 6.61 Å². The predicted molar refractivity (Wildman–Crippen MR) is 92.9 cm³/mol. The van der Waals surface area contributed by atoms with Gasteiger partial charge in [0.25, 0.3) is 5.91 Å². The SMILES string of the molecule is CC(C)[C@@H](NC(=O)COc1ccc(Oc2ccccc2)cc1)C(=O)O. The van der Waals surface area contributed by atoms with E-state index in [0.29, 0.717) is 11.5 Å². The second-order valence-corrected chi connectivity index (χ2v) is 5.80. The summed E-state index contributed by atoms with van der Waals surface area (Å²) in [5, 5.41) is 11.5. The summed E-state index contributed by atoms with van der Waals surface area (Å²) < 4.78 is 11.0. The van der Waals surface area contributed by atoms with Crippen molar-refractivity contribution in [3.63, 3.8) is 0 Å². The number of para-hydroxylation sites is 1. The van der Waals surface area contributed by atoms with Gasteiger partial charge < -0.3 is 19.9 Å². The van der Waals surface area contributed by atoms with E-state index >= 15 is 0 Å². The molecule has 0 unspecified atom stereocenters. The highest BCUT2D eigenvalue weighted by molar-refractivity contribution is 5.84. The Labute approximate surface area is 146 Å². The van der Waals surface area contributed by atoms with E-state index in [4.69, 9.17) is 14.6 Å².